The molecule has 1 N–H and O–H groups in total. The van der Waals surface area contributed by atoms with E-state index in [0.717, 1.165) is 19.6 Å². The van der Waals surface area contributed by atoms with Gasteiger partial charge in [-0.05, 0) is 24.0 Å². The Hall–Kier alpha value is -0.930. The zero-order valence-electron chi connectivity index (χ0n) is 13.4. The van der Waals surface area contributed by atoms with Crippen molar-refractivity contribution in [1.82, 2.24) is 15.2 Å². The second kappa shape index (κ2) is 6.68. The number of hydrogen-bond donors (Lipinski definition) is 1. The van der Waals surface area contributed by atoms with Gasteiger partial charge >= 0.3 is 0 Å². The molecule has 3 nitrogen and oxygen atoms in total. The van der Waals surface area contributed by atoms with Gasteiger partial charge in [-0.15, -0.1) is 0 Å². The fourth-order valence-corrected chi connectivity index (χ4v) is 3.15. The third-order valence-electron chi connectivity index (χ3n) is 4.22. The summed E-state index contributed by atoms with van der Waals surface area (Å²) < 4.78 is 0. The maximum absolute atomic E-state index is 4.50. The van der Waals surface area contributed by atoms with Crippen LogP contribution in [0.5, 0.6) is 0 Å². The number of aromatic nitrogens is 1. The van der Waals surface area contributed by atoms with Crippen molar-refractivity contribution in [2.75, 3.05) is 13.1 Å². The number of hydrogen-bond acceptors (Lipinski definition) is 3. The summed E-state index contributed by atoms with van der Waals surface area (Å²) in [7, 11) is 0. The predicted octanol–water partition coefficient (Wildman–Crippen LogP) is 3.07. The molecule has 0 spiro atoms. The molecule has 2 heterocycles. The van der Waals surface area contributed by atoms with E-state index >= 15 is 0 Å². The van der Waals surface area contributed by atoms with Crippen LogP contribution in [0.3, 0.4) is 0 Å². The van der Waals surface area contributed by atoms with Gasteiger partial charge in [0, 0.05) is 37.9 Å². The quantitative estimate of drug-likeness (QED) is 0.915. The number of nitrogens with one attached hydrogen (secondary N) is 1. The summed E-state index contributed by atoms with van der Waals surface area (Å²) in [6.07, 6.45) is 4.40. The van der Waals surface area contributed by atoms with Gasteiger partial charge in [-0.3, -0.25) is 9.88 Å². The van der Waals surface area contributed by atoms with E-state index in [2.05, 4.69) is 55.0 Å². The van der Waals surface area contributed by atoms with Crippen LogP contribution in [0.1, 0.15) is 46.2 Å². The van der Waals surface area contributed by atoms with E-state index in [9.17, 15) is 0 Å². The van der Waals surface area contributed by atoms with Gasteiger partial charge < -0.3 is 5.32 Å². The van der Waals surface area contributed by atoms with Crippen molar-refractivity contribution >= 4 is 0 Å². The molecule has 2 unspecified atom stereocenters. The summed E-state index contributed by atoms with van der Waals surface area (Å²) in [5.74, 6) is 0. The summed E-state index contributed by atoms with van der Waals surface area (Å²) >= 11 is 0. The topological polar surface area (TPSA) is 28.2 Å². The minimum absolute atomic E-state index is 0.291. The van der Waals surface area contributed by atoms with E-state index in [1.165, 1.54) is 18.5 Å². The molecule has 0 aliphatic carbocycles. The Bertz CT molecular complexity index is 396. The van der Waals surface area contributed by atoms with Gasteiger partial charge in [-0.1, -0.05) is 40.2 Å². The molecule has 3 heteroatoms. The molecule has 2 atom stereocenters. The third kappa shape index (κ3) is 4.03. The fourth-order valence-electron chi connectivity index (χ4n) is 3.15. The highest BCUT2D eigenvalue weighted by Crippen LogP contribution is 2.28. The third-order valence-corrected chi connectivity index (χ3v) is 4.22. The molecule has 0 aromatic carbocycles. The second-order valence-electron chi connectivity index (χ2n) is 7.03. The van der Waals surface area contributed by atoms with Crippen LogP contribution in [0.4, 0.5) is 0 Å². The minimum Gasteiger partial charge on any atom is -0.311 e. The number of nitrogens with zero attached hydrogens (tertiary/aromatic N) is 2. The predicted molar refractivity (Wildman–Crippen MR) is 84.6 cm³/mol. The average Bonchev–Trinajstić information content (AvgIpc) is 2.39. The number of piperazine rings is 1. The van der Waals surface area contributed by atoms with Gasteiger partial charge in [0.25, 0.3) is 0 Å². The van der Waals surface area contributed by atoms with Crippen molar-refractivity contribution in [2.45, 2.75) is 59.2 Å². The van der Waals surface area contributed by atoms with Crippen molar-refractivity contribution in [3.63, 3.8) is 0 Å². The van der Waals surface area contributed by atoms with Gasteiger partial charge in [0.2, 0.25) is 0 Å². The lowest BCUT2D eigenvalue weighted by Crippen LogP contribution is -2.60. The summed E-state index contributed by atoms with van der Waals surface area (Å²) in [6.45, 7) is 12.5. The molecule has 0 bridgehead atoms. The smallest absolute Gasteiger partial charge is 0.0544 e. The molecular formula is C17H29N3. The summed E-state index contributed by atoms with van der Waals surface area (Å²) in [5.41, 5.74) is 1.47. The molecule has 0 radical (unpaired) electrons. The monoisotopic (exact) mass is 275 g/mol. The van der Waals surface area contributed by atoms with Crippen LogP contribution in [0.25, 0.3) is 0 Å². The molecule has 1 saturated heterocycles. The molecule has 1 fully saturated rings. The van der Waals surface area contributed by atoms with E-state index in [4.69, 9.17) is 0 Å². The minimum atomic E-state index is 0.291. The zero-order valence-corrected chi connectivity index (χ0v) is 13.4. The fraction of sp³-hybridized carbons (Fsp3) is 0.706. The Kier molecular flexibility index (Phi) is 5.17. The van der Waals surface area contributed by atoms with E-state index in [1.807, 2.05) is 12.3 Å². The number of pyridine rings is 1. The first-order chi connectivity index (χ1) is 9.50. The first-order valence-corrected chi connectivity index (χ1v) is 7.88. The molecule has 1 aliphatic rings. The highest BCUT2D eigenvalue weighted by atomic mass is 15.2. The molecule has 20 heavy (non-hydrogen) atoms. The van der Waals surface area contributed by atoms with Gasteiger partial charge in [0.1, 0.15) is 0 Å². The lowest BCUT2D eigenvalue weighted by molar-refractivity contribution is 0.0465. The first-order valence-electron chi connectivity index (χ1n) is 7.88. The Morgan fingerprint density at radius 3 is 2.75 bits per heavy atom. The van der Waals surface area contributed by atoms with Crippen molar-refractivity contribution in [2.24, 2.45) is 5.41 Å². The molecule has 0 amide bonds. The summed E-state index contributed by atoms with van der Waals surface area (Å²) in [6, 6.07) is 7.40. The molecule has 0 saturated carbocycles. The molecular weight excluding hydrogens is 246 g/mol. The van der Waals surface area contributed by atoms with Crippen LogP contribution < -0.4 is 5.32 Å². The van der Waals surface area contributed by atoms with Crippen molar-refractivity contribution < 1.29 is 0 Å². The maximum Gasteiger partial charge on any atom is 0.0544 e. The normalized spacial score (nSPS) is 24.8. The highest BCUT2D eigenvalue weighted by molar-refractivity contribution is 5.05. The number of rotatable bonds is 4. The van der Waals surface area contributed by atoms with Crippen LogP contribution in [0, 0.1) is 5.41 Å². The lowest BCUT2D eigenvalue weighted by Gasteiger charge is -2.46. The first kappa shape index (κ1) is 15.5. The van der Waals surface area contributed by atoms with E-state index in [0.29, 0.717) is 17.5 Å². The second-order valence-corrected chi connectivity index (χ2v) is 7.03. The largest absolute Gasteiger partial charge is 0.311 e. The molecule has 2 rings (SSSR count). The zero-order chi connectivity index (χ0) is 14.6. The molecule has 1 aromatic heterocycles. The maximum atomic E-state index is 4.50. The molecule has 1 aromatic rings. The lowest BCUT2D eigenvalue weighted by atomic mass is 9.83. The Morgan fingerprint density at radius 2 is 2.15 bits per heavy atom. The van der Waals surface area contributed by atoms with Crippen LogP contribution >= 0.6 is 0 Å². The van der Waals surface area contributed by atoms with E-state index in [1.54, 1.807) is 0 Å². The molecule has 112 valence electrons. The molecule has 1 aliphatic heterocycles. The summed E-state index contributed by atoms with van der Waals surface area (Å²) in [4.78, 5) is 7.12. The van der Waals surface area contributed by atoms with Gasteiger partial charge in [0.05, 0.1) is 5.69 Å². The standard InChI is InChI=1S/C17H29N3/c1-5-8-14-12-20(13-15-9-6-7-10-18-15)16(11-19-14)17(2,3)4/h6-7,9-10,14,16,19H,5,8,11-13H2,1-4H3. The highest BCUT2D eigenvalue weighted by Gasteiger charge is 2.35. The van der Waals surface area contributed by atoms with Crippen molar-refractivity contribution in [3.05, 3.63) is 30.1 Å². The average molecular weight is 275 g/mol. The van der Waals surface area contributed by atoms with Crippen LogP contribution in [-0.4, -0.2) is 35.1 Å². The Balaban J connectivity index is 2.09. The summed E-state index contributed by atoms with van der Waals surface area (Å²) in [5, 5.41) is 3.73. The van der Waals surface area contributed by atoms with Crippen LogP contribution in [0.15, 0.2) is 24.4 Å². The van der Waals surface area contributed by atoms with Gasteiger partial charge in [-0.25, -0.2) is 0 Å². The Labute approximate surface area is 123 Å². The van der Waals surface area contributed by atoms with Crippen LogP contribution in [0.2, 0.25) is 0 Å². The SMILES string of the molecule is CCCC1CN(Cc2ccccn2)C(C(C)(C)C)CN1. The van der Waals surface area contributed by atoms with Gasteiger partial charge in [0.15, 0.2) is 0 Å². The van der Waals surface area contributed by atoms with Crippen molar-refractivity contribution in [1.29, 1.82) is 0 Å². The van der Waals surface area contributed by atoms with Crippen LogP contribution in [-0.2, 0) is 6.54 Å². The van der Waals surface area contributed by atoms with E-state index in [-0.39, 0.29) is 0 Å². The van der Waals surface area contributed by atoms with E-state index < -0.39 is 0 Å². The Morgan fingerprint density at radius 1 is 1.35 bits per heavy atom. The van der Waals surface area contributed by atoms with Crippen molar-refractivity contribution in [3.8, 4) is 0 Å². The van der Waals surface area contributed by atoms with Gasteiger partial charge in [-0.2, -0.15) is 0 Å².